The standard InChI is InChI=1S/C10H13ClF3N3O2/c1-18-6-7(11)2-3-15-8-4-17-9(5-16-8)19-10(12,13)14/h4-5,7H,2-3,6H2,1H3,(H,15,16). The van der Waals surface area contributed by atoms with Crippen LogP contribution in [0.2, 0.25) is 0 Å². The maximum absolute atomic E-state index is 11.9. The van der Waals surface area contributed by atoms with Gasteiger partial charge in [0.2, 0.25) is 5.88 Å². The van der Waals surface area contributed by atoms with Crippen molar-refractivity contribution < 1.29 is 22.6 Å². The topological polar surface area (TPSA) is 56.3 Å². The number of rotatable bonds is 7. The van der Waals surface area contributed by atoms with E-state index in [9.17, 15) is 13.2 Å². The molecule has 0 saturated carbocycles. The van der Waals surface area contributed by atoms with E-state index < -0.39 is 12.2 Å². The molecule has 0 aliphatic rings. The van der Waals surface area contributed by atoms with Crippen molar-refractivity contribution in [3.05, 3.63) is 12.4 Å². The molecule has 0 saturated heterocycles. The highest BCUT2D eigenvalue weighted by Gasteiger charge is 2.31. The molecule has 0 aliphatic heterocycles. The summed E-state index contributed by atoms with van der Waals surface area (Å²) in [5.41, 5.74) is 0. The molecule has 0 spiro atoms. The lowest BCUT2D eigenvalue weighted by molar-refractivity contribution is -0.276. The van der Waals surface area contributed by atoms with E-state index in [0.29, 0.717) is 25.4 Å². The number of alkyl halides is 4. The minimum Gasteiger partial charge on any atom is -0.386 e. The molecule has 9 heteroatoms. The first kappa shape index (κ1) is 15.8. The molecule has 1 heterocycles. The summed E-state index contributed by atoms with van der Waals surface area (Å²) < 4.78 is 44.1. The fourth-order valence-electron chi connectivity index (χ4n) is 1.20. The van der Waals surface area contributed by atoms with E-state index in [-0.39, 0.29) is 5.38 Å². The monoisotopic (exact) mass is 299 g/mol. The number of nitrogens with zero attached hydrogens (tertiary/aromatic N) is 2. The van der Waals surface area contributed by atoms with Crippen LogP contribution in [-0.2, 0) is 4.74 Å². The first-order valence-corrected chi connectivity index (χ1v) is 5.79. The van der Waals surface area contributed by atoms with E-state index in [4.69, 9.17) is 16.3 Å². The summed E-state index contributed by atoms with van der Waals surface area (Å²) in [5, 5.41) is 2.73. The van der Waals surface area contributed by atoms with Gasteiger partial charge in [-0.15, -0.1) is 24.8 Å². The smallest absolute Gasteiger partial charge is 0.386 e. The Morgan fingerprint density at radius 2 is 2.11 bits per heavy atom. The molecule has 1 rings (SSSR count). The third-order valence-electron chi connectivity index (χ3n) is 1.96. The van der Waals surface area contributed by atoms with Crippen molar-refractivity contribution in [1.82, 2.24) is 9.97 Å². The van der Waals surface area contributed by atoms with Gasteiger partial charge in [0.25, 0.3) is 0 Å². The molecule has 1 N–H and O–H groups in total. The van der Waals surface area contributed by atoms with Gasteiger partial charge in [-0.05, 0) is 6.42 Å². The van der Waals surface area contributed by atoms with Crippen molar-refractivity contribution in [2.24, 2.45) is 0 Å². The number of halogens is 4. The summed E-state index contributed by atoms with van der Waals surface area (Å²) >= 11 is 5.90. The molecule has 0 radical (unpaired) electrons. The van der Waals surface area contributed by atoms with Crippen LogP contribution in [-0.4, -0.2) is 42.0 Å². The number of nitrogens with one attached hydrogen (secondary N) is 1. The van der Waals surface area contributed by atoms with Crippen molar-refractivity contribution in [3.8, 4) is 5.88 Å². The molecule has 0 aromatic carbocycles. The first-order valence-electron chi connectivity index (χ1n) is 5.35. The Morgan fingerprint density at radius 3 is 2.63 bits per heavy atom. The minimum atomic E-state index is -4.77. The van der Waals surface area contributed by atoms with Gasteiger partial charge in [-0.25, -0.2) is 9.97 Å². The average Bonchev–Trinajstić information content (AvgIpc) is 2.30. The van der Waals surface area contributed by atoms with Gasteiger partial charge in [-0.1, -0.05) is 0 Å². The number of ether oxygens (including phenoxy) is 2. The molecule has 1 unspecified atom stereocenters. The third kappa shape index (κ3) is 7.02. The number of methoxy groups -OCH3 is 1. The Balaban J connectivity index is 2.36. The Morgan fingerprint density at radius 1 is 1.37 bits per heavy atom. The molecule has 1 aromatic heterocycles. The van der Waals surface area contributed by atoms with Gasteiger partial charge in [0.1, 0.15) is 5.82 Å². The zero-order valence-electron chi connectivity index (χ0n) is 10.1. The zero-order valence-corrected chi connectivity index (χ0v) is 10.8. The SMILES string of the molecule is COCC(Cl)CCNc1cnc(OC(F)(F)F)cn1. The molecule has 0 aliphatic carbocycles. The predicted molar refractivity (Wildman–Crippen MR) is 63.3 cm³/mol. The fourth-order valence-corrected chi connectivity index (χ4v) is 1.43. The highest BCUT2D eigenvalue weighted by atomic mass is 35.5. The van der Waals surface area contributed by atoms with E-state index in [1.165, 1.54) is 0 Å². The molecular formula is C10H13ClF3N3O2. The van der Waals surface area contributed by atoms with Gasteiger partial charge in [0, 0.05) is 13.7 Å². The lowest BCUT2D eigenvalue weighted by Gasteiger charge is -2.10. The fraction of sp³-hybridized carbons (Fsp3) is 0.600. The molecule has 0 amide bonds. The predicted octanol–water partition coefficient (Wildman–Crippen LogP) is 2.43. The molecule has 19 heavy (non-hydrogen) atoms. The molecule has 1 atom stereocenters. The van der Waals surface area contributed by atoms with Crippen LogP contribution in [0.15, 0.2) is 12.4 Å². The summed E-state index contributed by atoms with van der Waals surface area (Å²) in [4.78, 5) is 7.21. The van der Waals surface area contributed by atoms with Crippen molar-refractivity contribution in [1.29, 1.82) is 0 Å². The Labute approximate surface area is 113 Å². The van der Waals surface area contributed by atoms with E-state index in [1.807, 2.05) is 0 Å². The largest absolute Gasteiger partial charge is 0.574 e. The van der Waals surface area contributed by atoms with Gasteiger partial charge in [-0.2, -0.15) is 0 Å². The number of hydrogen-bond donors (Lipinski definition) is 1. The van der Waals surface area contributed by atoms with Crippen LogP contribution in [0.5, 0.6) is 5.88 Å². The summed E-state index contributed by atoms with van der Waals surface area (Å²) in [6.07, 6.45) is -2.10. The van der Waals surface area contributed by atoms with E-state index in [0.717, 1.165) is 12.4 Å². The quantitative estimate of drug-likeness (QED) is 0.784. The Kier molecular flexibility index (Phi) is 6.10. The van der Waals surface area contributed by atoms with E-state index in [1.54, 1.807) is 7.11 Å². The minimum absolute atomic E-state index is 0.140. The normalized spacial score (nSPS) is 13.1. The van der Waals surface area contributed by atoms with Crippen LogP contribution in [0.1, 0.15) is 6.42 Å². The van der Waals surface area contributed by atoms with Crippen molar-refractivity contribution in [2.45, 2.75) is 18.2 Å². The summed E-state index contributed by atoms with van der Waals surface area (Å²) in [6, 6.07) is 0. The maximum Gasteiger partial charge on any atom is 0.574 e. The lowest BCUT2D eigenvalue weighted by Crippen LogP contribution is -2.18. The molecule has 108 valence electrons. The first-order chi connectivity index (χ1) is 8.90. The van der Waals surface area contributed by atoms with Crippen LogP contribution in [0, 0.1) is 0 Å². The second-order valence-corrected chi connectivity index (χ2v) is 4.17. The highest BCUT2D eigenvalue weighted by molar-refractivity contribution is 6.20. The van der Waals surface area contributed by atoms with Crippen LogP contribution >= 0.6 is 11.6 Å². The summed E-state index contributed by atoms with van der Waals surface area (Å²) in [5.74, 6) is -0.261. The van der Waals surface area contributed by atoms with Crippen LogP contribution in [0.25, 0.3) is 0 Å². The van der Waals surface area contributed by atoms with E-state index in [2.05, 4.69) is 20.0 Å². The van der Waals surface area contributed by atoms with Gasteiger partial charge in [0.05, 0.1) is 24.4 Å². The number of anilines is 1. The van der Waals surface area contributed by atoms with Crippen molar-refractivity contribution in [3.63, 3.8) is 0 Å². The van der Waals surface area contributed by atoms with Crippen LogP contribution in [0.3, 0.4) is 0 Å². The Bertz CT molecular complexity index is 375. The zero-order chi connectivity index (χ0) is 14.3. The maximum atomic E-state index is 11.9. The van der Waals surface area contributed by atoms with Gasteiger partial charge in [-0.3, -0.25) is 0 Å². The molecule has 0 bridgehead atoms. The molecule has 0 fully saturated rings. The van der Waals surface area contributed by atoms with Gasteiger partial charge < -0.3 is 14.8 Å². The van der Waals surface area contributed by atoms with Crippen molar-refractivity contribution in [2.75, 3.05) is 25.6 Å². The number of aromatic nitrogens is 2. The second kappa shape index (κ2) is 7.34. The lowest BCUT2D eigenvalue weighted by atomic mass is 10.3. The molecule has 5 nitrogen and oxygen atoms in total. The summed E-state index contributed by atoms with van der Waals surface area (Å²) in [6.45, 7) is 0.930. The van der Waals surface area contributed by atoms with Crippen LogP contribution < -0.4 is 10.1 Å². The van der Waals surface area contributed by atoms with Gasteiger partial charge in [0.15, 0.2) is 0 Å². The average molecular weight is 300 g/mol. The molecular weight excluding hydrogens is 287 g/mol. The third-order valence-corrected chi connectivity index (χ3v) is 2.30. The van der Waals surface area contributed by atoms with Gasteiger partial charge >= 0.3 is 6.36 Å². The second-order valence-electron chi connectivity index (χ2n) is 3.56. The highest BCUT2D eigenvalue weighted by Crippen LogP contribution is 2.20. The molecule has 1 aromatic rings. The Hall–Kier alpha value is -1.28. The van der Waals surface area contributed by atoms with Crippen LogP contribution in [0.4, 0.5) is 19.0 Å². The van der Waals surface area contributed by atoms with E-state index >= 15 is 0 Å². The van der Waals surface area contributed by atoms with Crippen molar-refractivity contribution >= 4 is 17.4 Å². The summed E-state index contributed by atoms with van der Waals surface area (Å²) in [7, 11) is 1.55. The number of hydrogen-bond acceptors (Lipinski definition) is 5.